The monoisotopic (exact) mass is 228 g/mol. The lowest BCUT2D eigenvalue weighted by atomic mass is 10.0. The summed E-state index contributed by atoms with van der Waals surface area (Å²) in [7, 11) is 0. The van der Waals surface area contributed by atoms with Gasteiger partial charge in [-0.3, -0.25) is 4.79 Å². The van der Waals surface area contributed by atoms with Gasteiger partial charge in [-0.05, 0) is 30.7 Å². The van der Waals surface area contributed by atoms with Crippen LogP contribution < -0.4 is 0 Å². The highest BCUT2D eigenvalue weighted by atomic mass is 19.1. The van der Waals surface area contributed by atoms with Crippen molar-refractivity contribution in [1.29, 1.82) is 0 Å². The molecule has 0 saturated heterocycles. The van der Waals surface area contributed by atoms with Gasteiger partial charge in [0.1, 0.15) is 5.82 Å². The first-order valence-electron chi connectivity index (χ1n) is 5.49. The third-order valence-electron chi connectivity index (χ3n) is 2.59. The molecule has 0 aliphatic heterocycles. The molecule has 0 aromatic heterocycles. The van der Waals surface area contributed by atoms with Gasteiger partial charge in [-0.2, -0.15) is 0 Å². The number of halogens is 1. The third kappa shape index (κ3) is 3.00. The molecule has 86 valence electrons. The molecule has 0 heterocycles. The number of benzene rings is 2. The Morgan fingerprint density at radius 3 is 2.59 bits per heavy atom. The minimum Gasteiger partial charge on any atom is -0.294 e. The van der Waals surface area contributed by atoms with Gasteiger partial charge in [0.15, 0.2) is 5.78 Å². The zero-order valence-corrected chi connectivity index (χ0v) is 9.61. The highest BCUT2D eigenvalue weighted by Gasteiger charge is 2.07. The Labute approximate surface area is 99.9 Å². The SMILES string of the molecule is Cc1cccc(C(=O)Cc2cccc(F)c2)c1. The van der Waals surface area contributed by atoms with E-state index >= 15 is 0 Å². The van der Waals surface area contributed by atoms with Gasteiger partial charge >= 0.3 is 0 Å². The Morgan fingerprint density at radius 2 is 1.88 bits per heavy atom. The fourth-order valence-corrected chi connectivity index (χ4v) is 1.75. The highest BCUT2D eigenvalue weighted by molar-refractivity contribution is 5.97. The van der Waals surface area contributed by atoms with E-state index in [4.69, 9.17) is 0 Å². The summed E-state index contributed by atoms with van der Waals surface area (Å²) in [5.74, 6) is -0.293. The minimum atomic E-state index is -0.306. The average molecular weight is 228 g/mol. The summed E-state index contributed by atoms with van der Waals surface area (Å²) in [4.78, 5) is 12.0. The summed E-state index contributed by atoms with van der Waals surface area (Å²) in [5, 5.41) is 0. The van der Waals surface area contributed by atoms with Crippen molar-refractivity contribution in [3.63, 3.8) is 0 Å². The highest BCUT2D eigenvalue weighted by Crippen LogP contribution is 2.10. The molecule has 0 bridgehead atoms. The standard InChI is InChI=1S/C15H13FO/c1-11-4-2-6-13(8-11)15(17)10-12-5-3-7-14(16)9-12/h2-9H,10H2,1H3. The summed E-state index contributed by atoms with van der Waals surface area (Å²) >= 11 is 0. The van der Waals surface area contributed by atoms with Crippen molar-refractivity contribution in [3.05, 3.63) is 71.0 Å². The maximum Gasteiger partial charge on any atom is 0.167 e. The number of rotatable bonds is 3. The molecule has 2 aromatic rings. The largest absolute Gasteiger partial charge is 0.294 e. The quantitative estimate of drug-likeness (QED) is 0.734. The third-order valence-corrected chi connectivity index (χ3v) is 2.59. The fraction of sp³-hybridized carbons (Fsp3) is 0.133. The lowest BCUT2D eigenvalue weighted by Gasteiger charge is -2.02. The maximum absolute atomic E-state index is 13.0. The van der Waals surface area contributed by atoms with E-state index in [1.807, 2.05) is 25.1 Å². The van der Waals surface area contributed by atoms with Crippen molar-refractivity contribution < 1.29 is 9.18 Å². The molecule has 0 radical (unpaired) electrons. The Morgan fingerprint density at radius 1 is 1.12 bits per heavy atom. The molecular weight excluding hydrogens is 215 g/mol. The van der Waals surface area contributed by atoms with E-state index in [2.05, 4.69) is 0 Å². The number of ketones is 1. The van der Waals surface area contributed by atoms with Crippen molar-refractivity contribution in [2.45, 2.75) is 13.3 Å². The number of carbonyl (C=O) groups excluding carboxylic acids is 1. The van der Waals surface area contributed by atoms with E-state index in [9.17, 15) is 9.18 Å². The van der Waals surface area contributed by atoms with Crippen LogP contribution in [0, 0.1) is 12.7 Å². The first-order chi connectivity index (χ1) is 8.15. The van der Waals surface area contributed by atoms with Crippen LogP contribution in [0.1, 0.15) is 21.5 Å². The molecule has 2 heteroatoms. The van der Waals surface area contributed by atoms with Crippen LogP contribution >= 0.6 is 0 Å². The molecule has 0 spiro atoms. The van der Waals surface area contributed by atoms with Gasteiger partial charge in [-0.15, -0.1) is 0 Å². The summed E-state index contributed by atoms with van der Waals surface area (Å²) in [5.41, 5.74) is 2.43. The van der Waals surface area contributed by atoms with Crippen LogP contribution in [0.15, 0.2) is 48.5 Å². The molecule has 2 rings (SSSR count). The van der Waals surface area contributed by atoms with Crippen LogP contribution in [0.25, 0.3) is 0 Å². The Bertz CT molecular complexity index is 546. The van der Waals surface area contributed by atoms with E-state index in [0.717, 1.165) is 5.56 Å². The second-order valence-corrected chi connectivity index (χ2v) is 4.10. The van der Waals surface area contributed by atoms with E-state index in [0.29, 0.717) is 11.1 Å². The number of hydrogen-bond donors (Lipinski definition) is 0. The van der Waals surface area contributed by atoms with E-state index in [1.165, 1.54) is 12.1 Å². The van der Waals surface area contributed by atoms with Crippen molar-refractivity contribution in [2.75, 3.05) is 0 Å². The van der Waals surface area contributed by atoms with Crippen LogP contribution in [0.2, 0.25) is 0 Å². The number of aryl methyl sites for hydroxylation is 1. The predicted molar refractivity (Wildman–Crippen MR) is 65.6 cm³/mol. The van der Waals surface area contributed by atoms with Gasteiger partial charge in [-0.25, -0.2) is 4.39 Å². The zero-order valence-electron chi connectivity index (χ0n) is 9.61. The molecule has 0 saturated carbocycles. The molecule has 0 aliphatic rings. The van der Waals surface area contributed by atoms with Crippen molar-refractivity contribution in [2.24, 2.45) is 0 Å². The van der Waals surface area contributed by atoms with Crippen molar-refractivity contribution >= 4 is 5.78 Å². The Balaban J connectivity index is 2.17. The van der Waals surface area contributed by atoms with Crippen molar-refractivity contribution in [1.82, 2.24) is 0 Å². The summed E-state index contributed by atoms with van der Waals surface area (Å²) in [6.07, 6.45) is 0.237. The molecule has 0 N–H and O–H groups in total. The molecule has 17 heavy (non-hydrogen) atoms. The van der Waals surface area contributed by atoms with Crippen molar-refractivity contribution in [3.8, 4) is 0 Å². The van der Waals surface area contributed by atoms with Crippen LogP contribution in [0.3, 0.4) is 0 Å². The summed E-state index contributed by atoms with van der Waals surface area (Å²) < 4.78 is 13.0. The second-order valence-electron chi connectivity index (χ2n) is 4.10. The lowest BCUT2D eigenvalue weighted by Crippen LogP contribution is -2.03. The first kappa shape index (κ1) is 11.5. The van der Waals surface area contributed by atoms with Gasteiger partial charge in [0.25, 0.3) is 0 Å². The number of hydrogen-bond acceptors (Lipinski definition) is 1. The second kappa shape index (κ2) is 4.91. The smallest absolute Gasteiger partial charge is 0.167 e. The van der Waals surface area contributed by atoms with Crippen LogP contribution in [-0.4, -0.2) is 5.78 Å². The number of carbonyl (C=O) groups is 1. The molecule has 0 fully saturated rings. The topological polar surface area (TPSA) is 17.1 Å². The number of Topliss-reactive ketones (excluding diaryl/α,β-unsaturated/α-hetero) is 1. The fourth-order valence-electron chi connectivity index (χ4n) is 1.75. The zero-order chi connectivity index (χ0) is 12.3. The average Bonchev–Trinajstić information content (AvgIpc) is 2.29. The van der Waals surface area contributed by atoms with Gasteiger partial charge in [0.05, 0.1) is 0 Å². The van der Waals surface area contributed by atoms with Crippen LogP contribution in [0.5, 0.6) is 0 Å². The molecule has 0 unspecified atom stereocenters. The molecule has 0 aliphatic carbocycles. The normalized spacial score (nSPS) is 10.2. The maximum atomic E-state index is 13.0. The minimum absolute atomic E-state index is 0.0132. The predicted octanol–water partition coefficient (Wildman–Crippen LogP) is 3.56. The molecular formula is C15H13FO. The van der Waals surface area contributed by atoms with Gasteiger partial charge in [0.2, 0.25) is 0 Å². The van der Waals surface area contributed by atoms with Gasteiger partial charge in [0, 0.05) is 12.0 Å². The van der Waals surface area contributed by atoms with E-state index in [1.54, 1.807) is 18.2 Å². The lowest BCUT2D eigenvalue weighted by molar-refractivity contribution is 0.0993. The van der Waals surface area contributed by atoms with E-state index in [-0.39, 0.29) is 18.0 Å². The molecule has 1 nitrogen and oxygen atoms in total. The van der Waals surface area contributed by atoms with Crippen LogP contribution in [-0.2, 0) is 6.42 Å². The van der Waals surface area contributed by atoms with Gasteiger partial charge < -0.3 is 0 Å². The van der Waals surface area contributed by atoms with E-state index < -0.39 is 0 Å². The molecule has 0 amide bonds. The van der Waals surface area contributed by atoms with Crippen LogP contribution in [0.4, 0.5) is 4.39 Å². The Hall–Kier alpha value is -1.96. The van der Waals surface area contributed by atoms with Gasteiger partial charge in [-0.1, -0.05) is 35.9 Å². The summed E-state index contributed by atoms with van der Waals surface area (Å²) in [6, 6.07) is 13.6. The summed E-state index contributed by atoms with van der Waals surface area (Å²) in [6.45, 7) is 1.94. The first-order valence-corrected chi connectivity index (χ1v) is 5.49. The molecule has 0 atom stereocenters. The Kier molecular flexibility index (Phi) is 3.33. The molecule has 2 aromatic carbocycles.